The van der Waals surface area contributed by atoms with Gasteiger partial charge in [-0.1, -0.05) is 15.9 Å². The van der Waals surface area contributed by atoms with E-state index in [9.17, 15) is 14.0 Å². The third-order valence-corrected chi connectivity index (χ3v) is 2.20. The molecule has 1 aromatic carbocycles. The monoisotopic (exact) mass is 289 g/mol. The fourth-order valence-corrected chi connectivity index (χ4v) is 1.54. The fourth-order valence-electron chi connectivity index (χ4n) is 1.11. The summed E-state index contributed by atoms with van der Waals surface area (Å²) in [6.45, 7) is 0.803. The third-order valence-electron chi connectivity index (χ3n) is 1.75. The Bertz CT molecular complexity index is 448. The summed E-state index contributed by atoms with van der Waals surface area (Å²) in [6, 6.07) is 2.56. The van der Waals surface area contributed by atoms with Gasteiger partial charge in [0.05, 0.1) is 5.56 Å². The Morgan fingerprint density at radius 2 is 2.12 bits per heavy atom. The van der Waals surface area contributed by atoms with E-state index in [4.69, 9.17) is 10.5 Å². The largest absolute Gasteiger partial charge is 0.480 e. The molecule has 86 valence electrons. The van der Waals surface area contributed by atoms with Gasteiger partial charge in [0.25, 0.3) is 5.91 Å². The molecule has 16 heavy (non-hydrogen) atoms. The highest BCUT2D eigenvalue weighted by molar-refractivity contribution is 9.10. The summed E-state index contributed by atoms with van der Waals surface area (Å²) in [6.07, 6.45) is 0. The van der Waals surface area contributed by atoms with Crippen molar-refractivity contribution in [3.8, 4) is 5.75 Å². The maximum absolute atomic E-state index is 13.5. The zero-order valence-corrected chi connectivity index (χ0v) is 10.0. The maximum Gasteiger partial charge on any atom is 0.255 e. The van der Waals surface area contributed by atoms with Gasteiger partial charge in [-0.3, -0.25) is 9.59 Å². The van der Waals surface area contributed by atoms with E-state index < -0.39 is 18.3 Å². The van der Waals surface area contributed by atoms with Crippen LogP contribution in [-0.2, 0) is 4.79 Å². The summed E-state index contributed by atoms with van der Waals surface area (Å²) in [5, 5.41) is 0. The number of rotatable bonds is 4. The minimum atomic E-state index is -0.739. The van der Waals surface area contributed by atoms with Gasteiger partial charge in [-0.15, -0.1) is 0 Å². The Hall–Kier alpha value is -1.43. The van der Waals surface area contributed by atoms with Crippen LogP contribution in [0.1, 0.15) is 17.3 Å². The first kappa shape index (κ1) is 12.6. The Labute approximate surface area is 99.7 Å². The van der Waals surface area contributed by atoms with E-state index in [1.54, 1.807) is 0 Å². The van der Waals surface area contributed by atoms with E-state index in [2.05, 4.69) is 15.9 Å². The lowest BCUT2D eigenvalue weighted by Gasteiger charge is -2.09. The van der Waals surface area contributed by atoms with Crippen molar-refractivity contribution < 1.29 is 18.7 Å². The summed E-state index contributed by atoms with van der Waals surface area (Å²) in [4.78, 5) is 21.7. The van der Waals surface area contributed by atoms with Crippen LogP contribution in [0.3, 0.4) is 0 Å². The average molecular weight is 290 g/mol. The molecule has 0 spiro atoms. The van der Waals surface area contributed by atoms with Crippen molar-refractivity contribution in [2.24, 2.45) is 5.73 Å². The SMILES string of the molecule is CC(=O)c1cc(Br)cc(F)c1OCC(N)=O. The third kappa shape index (κ3) is 3.03. The van der Waals surface area contributed by atoms with Gasteiger partial charge in [0.1, 0.15) is 0 Å². The lowest BCUT2D eigenvalue weighted by molar-refractivity contribution is -0.120. The van der Waals surface area contributed by atoms with E-state index in [0.717, 1.165) is 6.07 Å². The normalized spacial score (nSPS) is 9.94. The average Bonchev–Trinajstić information content (AvgIpc) is 2.14. The minimum absolute atomic E-state index is 0.0631. The van der Waals surface area contributed by atoms with E-state index in [0.29, 0.717) is 4.47 Å². The van der Waals surface area contributed by atoms with Crippen LogP contribution in [0.15, 0.2) is 16.6 Å². The number of nitrogens with two attached hydrogens (primary N) is 1. The van der Waals surface area contributed by atoms with Crippen molar-refractivity contribution in [3.63, 3.8) is 0 Å². The number of ketones is 1. The first-order valence-electron chi connectivity index (χ1n) is 4.33. The maximum atomic E-state index is 13.5. The molecule has 0 aromatic heterocycles. The van der Waals surface area contributed by atoms with Gasteiger partial charge in [0.2, 0.25) is 0 Å². The van der Waals surface area contributed by atoms with Crippen molar-refractivity contribution in [1.29, 1.82) is 0 Å². The number of ether oxygens (including phenoxy) is 1. The molecule has 0 fully saturated rings. The number of carbonyl (C=O) groups is 2. The molecule has 0 atom stereocenters. The molecule has 0 aliphatic rings. The molecule has 2 N–H and O–H groups in total. The van der Waals surface area contributed by atoms with Crippen LogP contribution in [0.5, 0.6) is 5.75 Å². The van der Waals surface area contributed by atoms with Crippen LogP contribution in [0.25, 0.3) is 0 Å². The standard InChI is InChI=1S/C10H9BrFNO3/c1-5(14)7-2-6(11)3-8(12)10(7)16-4-9(13)15/h2-3H,4H2,1H3,(H2,13,15). The van der Waals surface area contributed by atoms with Crippen LogP contribution in [-0.4, -0.2) is 18.3 Å². The van der Waals surface area contributed by atoms with Crippen LogP contribution >= 0.6 is 15.9 Å². The highest BCUT2D eigenvalue weighted by Crippen LogP contribution is 2.27. The first-order valence-corrected chi connectivity index (χ1v) is 5.12. The Morgan fingerprint density at radius 3 is 2.62 bits per heavy atom. The number of amides is 1. The van der Waals surface area contributed by atoms with E-state index in [1.807, 2.05) is 0 Å². The van der Waals surface area contributed by atoms with Gasteiger partial charge in [0, 0.05) is 4.47 Å². The molecule has 0 unspecified atom stereocenters. The zero-order valence-electron chi connectivity index (χ0n) is 8.42. The molecule has 0 bridgehead atoms. The number of benzene rings is 1. The highest BCUT2D eigenvalue weighted by Gasteiger charge is 2.15. The van der Waals surface area contributed by atoms with Crippen molar-refractivity contribution >= 4 is 27.6 Å². The van der Waals surface area contributed by atoms with Gasteiger partial charge in [-0.25, -0.2) is 4.39 Å². The Balaban J connectivity index is 3.14. The number of Topliss-reactive ketones (excluding diaryl/α,β-unsaturated/α-hetero) is 1. The van der Waals surface area contributed by atoms with Gasteiger partial charge in [-0.05, 0) is 19.1 Å². The van der Waals surface area contributed by atoms with E-state index in [-0.39, 0.29) is 17.1 Å². The molecule has 1 aromatic rings. The molecule has 0 radical (unpaired) electrons. The summed E-state index contributed by atoms with van der Waals surface area (Å²) >= 11 is 3.06. The predicted octanol–water partition coefficient (Wildman–Crippen LogP) is 1.65. The van der Waals surface area contributed by atoms with Crippen molar-refractivity contribution in [3.05, 3.63) is 28.0 Å². The molecule has 1 rings (SSSR count). The van der Waals surface area contributed by atoms with E-state index in [1.165, 1.54) is 13.0 Å². The van der Waals surface area contributed by atoms with Gasteiger partial charge < -0.3 is 10.5 Å². The second-order valence-corrected chi connectivity index (χ2v) is 3.99. The number of hydrogen-bond donors (Lipinski definition) is 1. The first-order chi connectivity index (χ1) is 7.41. The lowest BCUT2D eigenvalue weighted by Crippen LogP contribution is -2.21. The Kier molecular flexibility index (Phi) is 4.00. The molecular formula is C10H9BrFNO3. The van der Waals surface area contributed by atoms with Gasteiger partial charge >= 0.3 is 0 Å². The lowest BCUT2D eigenvalue weighted by atomic mass is 10.1. The highest BCUT2D eigenvalue weighted by atomic mass is 79.9. The molecule has 1 amide bonds. The van der Waals surface area contributed by atoms with Crippen LogP contribution in [0, 0.1) is 5.82 Å². The number of carbonyl (C=O) groups excluding carboxylic acids is 2. The van der Waals surface area contributed by atoms with Crippen LogP contribution in [0.4, 0.5) is 4.39 Å². The molecule has 0 saturated heterocycles. The quantitative estimate of drug-likeness (QED) is 0.857. The molecule has 0 saturated carbocycles. The van der Waals surface area contributed by atoms with Crippen LogP contribution < -0.4 is 10.5 Å². The topological polar surface area (TPSA) is 69.4 Å². The van der Waals surface area contributed by atoms with E-state index >= 15 is 0 Å². The molecule has 4 nitrogen and oxygen atoms in total. The summed E-state index contributed by atoms with van der Waals surface area (Å²) in [7, 11) is 0. The number of primary amides is 1. The molecular weight excluding hydrogens is 281 g/mol. The summed E-state index contributed by atoms with van der Waals surface area (Å²) < 4.78 is 18.7. The predicted molar refractivity (Wildman–Crippen MR) is 58.8 cm³/mol. The summed E-state index contributed by atoms with van der Waals surface area (Å²) in [5.41, 5.74) is 4.93. The van der Waals surface area contributed by atoms with Crippen molar-refractivity contribution in [1.82, 2.24) is 0 Å². The molecule has 6 heteroatoms. The molecule has 0 heterocycles. The smallest absolute Gasteiger partial charge is 0.255 e. The molecule has 0 aliphatic heterocycles. The van der Waals surface area contributed by atoms with Crippen molar-refractivity contribution in [2.45, 2.75) is 6.92 Å². The number of hydrogen-bond acceptors (Lipinski definition) is 3. The fraction of sp³-hybridized carbons (Fsp3) is 0.200. The number of halogens is 2. The minimum Gasteiger partial charge on any atom is -0.480 e. The second kappa shape index (κ2) is 5.07. The second-order valence-electron chi connectivity index (χ2n) is 3.08. The van der Waals surface area contributed by atoms with Crippen LogP contribution in [0.2, 0.25) is 0 Å². The van der Waals surface area contributed by atoms with Gasteiger partial charge in [0.15, 0.2) is 24.0 Å². The zero-order chi connectivity index (χ0) is 12.3. The Morgan fingerprint density at radius 1 is 1.50 bits per heavy atom. The molecule has 0 aliphatic carbocycles. The van der Waals surface area contributed by atoms with Gasteiger partial charge in [-0.2, -0.15) is 0 Å². The summed E-state index contributed by atoms with van der Waals surface area (Å²) in [5.74, 6) is -2.08. The van der Waals surface area contributed by atoms with Crippen molar-refractivity contribution in [2.75, 3.05) is 6.61 Å².